The van der Waals surface area contributed by atoms with Crippen molar-refractivity contribution in [1.29, 1.82) is 0 Å². The highest BCUT2D eigenvalue weighted by molar-refractivity contribution is 8.01. The minimum absolute atomic E-state index is 0.513. The van der Waals surface area contributed by atoms with Crippen LogP contribution in [0.25, 0.3) is 10.2 Å². The number of nitrogens with one attached hydrogen (secondary N) is 1. The van der Waals surface area contributed by atoms with Gasteiger partial charge in [0.2, 0.25) is 0 Å². The van der Waals surface area contributed by atoms with Crippen molar-refractivity contribution in [2.24, 2.45) is 5.92 Å². The van der Waals surface area contributed by atoms with Gasteiger partial charge in [0.1, 0.15) is 0 Å². The van der Waals surface area contributed by atoms with Crippen LogP contribution in [0, 0.1) is 5.92 Å². The van der Waals surface area contributed by atoms with Gasteiger partial charge in [-0.3, -0.25) is 0 Å². The highest BCUT2D eigenvalue weighted by atomic mass is 32.2. The molecular weight excluding hydrogens is 276 g/mol. The van der Waals surface area contributed by atoms with Crippen LogP contribution in [-0.2, 0) is 4.74 Å². The fourth-order valence-electron chi connectivity index (χ4n) is 2.40. The van der Waals surface area contributed by atoms with E-state index in [1.54, 1.807) is 11.3 Å². The molecule has 2 heterocycles. The van der Waals surface area contributed by atoms with Crippen molar-refractivity contribution < 1.29 is 4.74 Å². The van der Waals surface area contributed by atoms with Crippen LogP contribution >= 0.6 is 23.1 Å². The van der Waals surface area contributed by atoms with E-state index >= 15 is 0 Å². The number of hydrogen-bond donors (Lipinski definition) is 1. The second kappa shape index (κ2) is 6.22. The number of ether oxygens (including phenoxy) is 1. The molecule has 1 aliphatic rings. The van der Waals surface area contributed by atoms with Crippen LogP contribution < -0.4 is 5.32 Å². The highest BCUT2D eigenvalue weighted by Gasteiger charge is 2.24. The summed E-state index contributed by atoms with van der Waals surface area (Å²) in [6, 6.07) is 8.84. The molecule has 3 nitrogen and oxygen atoms in total. The van der Waals surface area contributed by atoms with E-state index in [2.05, 4.69) is 28.5 Å². The summed E-state index contributed by atoms with van der Waals surface area (Å²) in [5, 5.41) is 3.42. The number of thioether (sulfide) groups is 1. The van der Waals surface area contributed by atoms with E-state index in [1.165, 1.54) is 15.5 Å². The van der Waals surface area contributed by atoms with Crippen molar-refractivity contribution in [1.82, 2.24) is 10.3 Å². The maximum Gasteiger partial charge on any atom is 0.151 e. The second-order valence-electron chi connectivity index (χ2n) is 4.78. The second-order valence-corrected chi connectivity index (χ2v) is 7.08. The largest absolute Gasteiger partial charge is 0.381 e. The van der Waals surface area contributed by atoms with Gasteiger partial charge in [-0.1, -0.05) is 23.9 Å². The fourth-order valence-corrected chi connectivity index (χ4v) is 4.73. The van der Waals surface area contributed by atoms with Crippen molar-refractivity contribution in [3.8, 4) is 0 Å². The van der Waals surface area contributed by atoms with Crippen molar-refractivity contribution in [2.45, 2.75) is 16.8 Å². The molecule has 2 aromatic rings. The van der Waals surface area contributed by atoms with Gasteiger partial charge in [-0.05, 0) is 25.6 Å². The Morgan fingerprint density at radius 1 is 1.53 bits per heavy atom. The van der Waals surface area contributed by atoms with Gasteiger partial charge in [0, 0.05) is 24.3 Å². The Morgan fingerprint density at radius 3 is 3.16 bits per heavy atom. The smallest absolute Gasteiger partial charge is 0.151 e. The summed E-state index contributed by atoms with van der Waals surface area (Å²) in [5.74, 6) is 1.71. The van der Waals surface area contributed by atoms with E-state index < -0.39 is 0 Å². The van der Waals surface area contributed by atoms with E-state index in [1.807, 2.05) is 24.9 Å². The van der Waals surface area contributed by atoms with Crippen molar-refractivity contribution in [3.05, 3.63) is 24.3 Å². The summed E-state index contributed by atoms with van der Waals surface area (Å²) < 4.78 is 7.92. The van der Waals surface area contributed by atoms with Crippen LogP contribution in [0.3, 0.4) is 0 Å². The van der Waals surface area contributed by atoms with Crippen LogP contribution in [0.4, 0.5) is 0 Å². The monoisotopic (exact) mass is 294 g/mol. The summed E-state index contributed by atoms with van der Waals surface area (Å²) in [5.41, 5.74) is 1.11. The summed E-state index contributed by atoms with van der Waals surface area (Å²) in [6.45, 7) is 1.81. The molecule has 0 radical (unpaired) electrons. The number of fused-ring (bicyclic) bond motifs is 1. The Bertz CT molecular complexity index is 504. The maximum absolute atomic E-state index is 5.48. The zero-order chi connectivity index (χ0) is 13.1. The third-order valence-corrected chi connectivity index (χ3v) is 5.86. The first-order valence-electron chi connectivity index (χ1n) is 6.60. The van der Waals surface area contributed by atoms with E-state index in [-0.39, 0.29) is 0 Å². The van der Waals surface area contributed by atoms with Crippen LogP contribution in [0.2, 0.25) is 0 Å². The number of thiazole rings is 1. The summed E-state index contributed by atoms with van der Waals surface area (Å²) in [6.07, 6.45) is 1.17. The average Bonchev–Trinajstić information content (AvgIpc) is 3.08. The first-order valence-corrected chi connectivity index (χ1v) is 8.40. The zero-order valence-corrected chi connectivity index (χ0v) is 12.6. The normalized spacial score (nSPS) is 21.0. The molecule has 0 saturated carbocycles. The van der Waals surface area contributed by atoms with E-state index in [9.17, 15) is 0 Å². The van der Waals surface area contributed by atoms with Gasteiger partial charge < -0.3 is 10.1 Å². The summed E-state index contributed by atoms with van der Waals surface area (Å²) >= 11 is 3.64. The number of hydrogen-bond acceptors (Lipinski definition) is 5. The average molecular weight is 294 g/mol. The Hall–Kier alpha value is -0.620. The minimum atomic E-state index is 0.513. The summed E-state index contributed by atoms with van der Waals surface area (Å²) in [7, 11) is 2.04. The Morgan fingerprint density at radius 2 is 2.42 bits per heavy atom. The lowest BCUT2D eigenvalue weighted by atomic mass is 10.0. The lowest BCUT2D eigenvalue weighted by molar-refractivity contribution is 0.180. The first kappa shape index (κ1) is 13.4. The molecule has 1 aliphatic heterocycles. The zero-order valence-electron chi connectivity index (χ0n) is 11.0. The Labute approximate surface area is 121 Å². The van der Waals surface area contributed by atoms with E-state index in [0.29, 0.717) is 12.0 Å². The molecule has 1 aromatic carbocycles. The van der Waals surface area contributed by atoms with Gasteiger partial charge in [0.15, 0.2) is 4.34 Å². The van der Waals surface area contributed by atoms with Gasteiger partial charge in [-0.15, -0.1) is 11.3 Å². The number of rotatable bonds is 5. The molecule has 19 heavy (non-hydrogen) atoms. The van der Waals surface area contributed by atoms with Crippen molar-refractivity contribution in [3.63, 3.8) is 0 Å². The molecule has 0 aliphatic carbocycles. The molecule has 1 saturated heterocycles. The predicted molar refractivity (Wildman–Crippen MR) is 82.1 cm³/mol. The number of nitrogens with zero attached hydrogens (tertiary/aromatic N) is 1. The number of aromatic nitrogens is 1. The number of benzene rings is 1. The predicted octanol–water partition coefficient (Wildman–Crippen LogP) is 3.01. The molecule has 1 N–H and O–H groups in total. The summed E-state index contributed by atoms with van der Waals surface area (Å²) in [4.78, 5) is 4.67. The molecule has 1 fully saturated rings. The van der Waals surface area contributed by atoms with Crippen molar-refractivity contribution in [2.75, 3.05) is 26.0 Å². The van der Waals surface area contributed by atoms with Gasteiger partial charge in [-0.2, -0.15) is 0 Å². The third-order valence-electron chi connectivity index (χ3n) is 3.57. The quantitative estimate of drug-likeness (QED) is 0.860. The lowest BCUT2D eigenvalue weighted by Gasteiger charge is -2.20. The van der Waals surface area contributed by atoms with Gasteiger partial charge in [0.25, 0.3) is 0 Å². The number of para-hydroxylation sites is 1. The van der Waals surface area contributed by atoms with Crippen LogP contribution in [-0.4, -0.2) is 37.0 Å². The lowest BCUT2D eigenvalue weighted by Crippen LogP contribution is -2.36. The molecule has 0 amide bonds. The third kappa shape index (κ3) is 3.11. The molecule has 0 spiro atoms. The van der Waals surface area contributed by atoms with Crippen LogP contribution in [0.15, 0.2) is 28.6 Å². The van der Waals surface area contributed by atoms with E-state index in [0.717, 1.165) is 24.5 Å². The van der Waals surface area contributed by atoms with Gasteiger partial charge in [0.05, 0.1) is 16.8 Å². The highest BCUT2D eigenvalue weighted by Crippen LogP contribution is 2.31. The first-order chi connectivity index (χ1) is 9.36. The van der Waals surface area contributed by atoms with Gasteiger partial charge in [-0.25, -0.2) is 4.98 Å². The molecule has 5 heteroatoms. The van der Waals surface area contributed by atoms with Gasteiger partial charge >= 0.3 is 0 Å². The SMILES string of the molecule is CNC(CSc1nc2ccccc2s1)C1CCOC1. The molecule has 2 unspecified atom stereocenters. The molecule has 1 aromatic heterocycles. The maximum atomic E-state index is 5.48. The topological polar surface area (TPSA) is 34.2 Å². The van der Waals surface area contributed by atoms with Crippen LogP contribution in [0.5, 0.6) is 0 Å². The van der Waals surface area contributed by atoms with Crippen LogP contribution in [0.1, 0.15) is 6.42 Å². The minimum Gasteiger partial charge on any atom is -0.381 e. The molecule has 0 bridgehead atoms. The molecule has 2 atom stereocenters. The molecule has 102 valence electrons. The molecular formula is C14H18N2OS2. The Kier molecular flexibility index (Phi) is 4.38. The van der Waals surface area contributed by atoms with Crippen molar-refractivity contribution >= 4 is 33.3 Å². The Balaban J connectivity index is 1.64. The molecule has 3 rings (SSSR count). The fraction of sp³-hybridized carbons (Fsp3) is 0.500. The van der Waals surface area contributed by atoms with E-state index in [4.69, 9.17) is 4.74 Å². The standard InChI is InChI=1S/C14H18N2OS2/c1-15-12(10-6-7-17-8-10)9-18-14-16-11-4-2-3-5-13(11)19-14/h2-5,10,12,15H,6-9H2,1H3.